The highest BCUT2D eigenvalue weighted by Gasteiger charge is 2.13. The van der Waals surface area contributed by atoms with Crippen LogP contribution in [0.2, 0.25) is 5.02 Å². The van der Waals surface area contributed by atoms with Crippen molar-refractivity contribution in [2.45, 2.75) is 6.92 Å². The smallest absolute Gasteiger partial charge is 0.357 e. The largest absolute Gasteiger partial charge is 0.451 e. The second kappa shape index (κ2) is 7.32. The monoisotopic (exact) mass is 354 g/mol. The molecule has 0 atom stereocenters. The van der Waals surface area contributed by atoms with Gasteiger partial charge in [0, 0.05) is 16.1 Å². The third kappa shape index (κ3) is 4.14. The zero-order chi connectivity index (χ0) is 17.8. The number of ether oxygens (including phenoxy) is 1. The number of carbonyl (C=O) groups excluding carboxylic acids is 2. The molecule has 1 N–H and O–H groups in total. The summed E-state index contributed by atoms with van der Waals surface area (Å²) in [5.41, 5.74) is 2.29. The van der Waals surface area contributed by atoms with Crippen LogP contribution in [0.15, 0.2) is 54.6 Å². The van der Waals surface area contributed by atoms with Gasteiger partial charge in [0.2, 0.25) is 0 Å². The average Bonchev–Trinajstić information content (AvgIpc) is 2.62. The number of hydrogen-bond acceptors (Lipinski definition) is 4. The number of rotatable bonds is 4. The summed E-state index contributed by atoms with van der Waals surface area (Å²) >= 11 is 5.91. The van der Waals surface area contributed by atoms with Crippen LogP contribution in [0.5, 0.6) is 0 Å². The topological polar surface area (TPSA) is 68.3 Å². The third-order valence-electron chi connectivity index (χ3n) is 3.62. The summed E-state index contributed by atoms with van der Waals surface area (Å²) in [4.78, 5) is 28.3. The normalized spacial score (nSPS) is 10.5. The van der Waals surface area contributed by atoms with Crippen LogP contribution in [0.1, 0.15) is 16.1 Å². The van der Waals surface area contributed by atoms with Gasteiger partial charge in [-0.2, -0.15) is 0 Å². The molecule has 0 aliphatic rings. The number of hydrogen-bond donors (Lipinski definition) is 1. The second-order valence-electron chi connectivity index (χ2n) is 5.47. The molecule has 0 spiro atoms. The number of para-hydroxylation sites is 1. The van der Waals surface area contributed by atoms with E-state index in [1.165, 1.54) is 0 Å². The number of pyridine rings is 1. The van der Waals surface area contributed by atoms with E-state index in [1.807, 2.05) is 25.1 Å². The van der Waals surface area contributed by atoms with Crippen molar-refractivity contribution in [3.05, 3.63) is 70.9 Å². The minimum absolute atomic E-state index is 0.158. The van der Waals surface area contributed by atoms with Gasteiger partial charge in [-0.1, -0.05) is 41.9 Å². The summed E-state index contributed by atoms with van der Waals surface area (Å²) in [5, 5.41) is 4.10. The van der Waals surface area contributed by atoms with Crippen molar-refractivity contribution >= 4 is 40.1 Å². The van der Waals surface area contributed by atoms with Gasteiger partial charge in [-0.25, -0.2) is 9.78 Å². The van der Waals surface area contributed by atoms with Gasteiger partial charge < -0.3 is 10.1 Å². The van der Waals surface area contributed by atoms with E-state index in [-0.39, 0.29) is 5.69 Å². The fourth-order valence-electron chi connectivity index (χ4n) is 2.30. The van der Waals surface area contributed by atoms with Crippen LogP contribution in [0, 0.1) is 6.92 Å². The van der Waals surface area contributed by atoms with Crippen LogP contribution < -0.4 is 5.32 Å². The van der Waals surface area contributed by atoms with Crippen molar-refractivity contribution in [2.75, 3.05) is 11.9 Å². The second-order valence-corrected chi connectivity index (χ2v) is 5.91. The molecule has 2 aromatic carbocycles. The minimum Gasteiger partial charge on any atom is -0.451 e. The molecule has 0 saturated heterocycles. The Labute approximate surface area is 149 Å². The lowest BCUT2D eigenvalue weighted by Crippen LogP contribution is -2.21. The lowest BCUT2D eigenvalue weighted by atomic mass is 10.2. The third-order valence-corrected chi connectivity index (χ3v) is 3.85. The van der Waals surface area contributed by atoms with Crippen LogP contribution in [0.25, 0.3) is 10.9 Å². The highest BCUT2D eigenvalue weighted by molar-refractivity contribution is 6.31. The maximum atomic E-state index is 12.1. The summed E-state index contributed by atoms with van der Waals surface area (Å²) in [6, 6.07) is 16.0. The molecule has 0 aliphatic carbocycles. The lowest BCUT2D eigenvalue weighted by Gasteiger charge is -2.09. The molecule has 5 nitrogen and oxygen atoms in total. The Morgan fingerprint density at radius 1 is 1.12 bits per heavy atom. The van der Waals surface area contributed by atoms with Gasteiger partial charge >= 0.3 is 5.97 Å². The molecule has 0 fully saturated rings. The Morgan fingerprint density at radius 3 is 2.76 bits per heavy atom. The first-order valence-corrected chi connectivity index (χ1v) is 7.99. The number of nitrogens with zero attached hydrogens (tertiary/aromatic N) is 1. The van der Waals surface area contributed by atoms with E-state index >= 15 is 0 Å². The minimum atomic E-state index is -0.649. The highest BCUT2D eigenvalue weighted by Crippen LogP contribution is 2.20. The number of carbonyl (C=O) groups is 2. The maximum absolute atomic E-state index is 12.1. The van der Waals surface area contributed by atoms with E-state index in [4.69, 9.17) is 16.3 Å². The molecule has 126 valence electrons. The predicted octanol–water partition coefficient (Wildman–Crippen LogP) is 3.99. The van der Waals surface area contributed by atoms with Gasteiger partial charge in [0.15, 0.2) is 6.61 Å². The van der Waals surface area contributed by atoms with E-state index in [1.54, 1.807) is 36.4 Å². The van der Waals surface area contributed by atoms with Crippen molar-refractivity contribution in [1.82, 2.24) is 4.98 Å². The Morgan fingerprint density at radius 2 is 1.92 bits per heavy atom. The Bertz CT molecular complexity index is 956. The SMILES string of the molecule is Cc1ccc(Cl)cc1NC(=O)COC(=O)c1ccc2ccccc2n1. The van der Waals surface area contributed by atoms with E-state index in [2.05, 4.69) is 10.3 Å². The van der Waals surface area contributed by atoms with Crippen molar-refractivity contribution in [2.24, 2.45) is 0 Å². The number of benzene rings is 2. The number of esters is 1. The Kier molecular flexibility index (Phi) is 4.95. The van der Waals surface area contributed by atoms with Crippen molar-refractivity contribution in [3.8, 4) is 0 Å². The van der Waals surface area contributed by atoms with Crippen LogP contribution in [-0.4, -0.2) is 23.5 Å². The van der Waals surface area contributed by atoms with Crippen LogP contribution in [-0.2, 0) is 9.53 Å². The number of nitrogens with one attached hydrogen (secondary N) is 1. The van der Waals surface area contributed by atoms with E-state index < -0.39 is 18.5 Å². The molecule has 0 radical (unpaired) electrons. The molecule has 3 rings (SSSR count). The van der Waals surface area contributed by atoms with Crippen molar-refractivity contribution in [1.29, 1.82) is 0 Å². The number of amides is 1. The molecule has 0 aliphatic heterocycles. The molecule has 6 heteroatoms. The number of fused-ring (bicyclic) bond motifs is 1. The molecule has 0 saturated carbocycles. The summed E-state index contributed by atoms with van der Waals surface area (Å²) < 4.78 is 5.03. The van der Waals surface area contributed by atoms with Gasteiger partial charge in [0.1, 0.15) is 5.69 Å². The molecule has 1 heterocycles. The number of aryl methyl sites for hydroxylation is 1. The van der Waals surface area contributed by atoms with E-state index in [0.29, 0.717) is 16.2 Å². The fourth-order valence-corrected chi connectivity index (χ4v) is 2.47. The summed E-state index contributed by atoms with van der Waals surface area (Å²) in [7, 11) is 0. The van der Waals surface area contributed by atoms with Crippen LogP contribution in [0.4, 0.5) is 5.69 Å². The van der Waals surface area contributed by atoms with Crippen LogP contribution in [0.3, 0.4) is 0 Å². The maximum Gasteiger partial charge on any atom is 0.357 e. The molecular formula is C19H15ClN2O3. The van der Waals surface area contributed by atoms with Gasteiger partial charge in [-0.3, -0.25) is 4.79 Å². The van der Waals surface area contributed by atoms with Crippen molar-refractivity contribution < 1.29 is 14.3 Å². The lowest BCUT2D eigenvalue weighted by molar-refractivity contribution is -0.119. The number of anilines is 1. The molecule has 1 amide bonds. The number of halogens is 1. The predicted molar refractivity (Wildman–Crippen MR) is 96.8 cm³/mol. The molecule has 0 unspecified atom stereocenters. The van der Waals surface area contributed by atoms with Gasteiger partial charge in [-0.05, 0) is 36.8 Å². The fraction of sp³-hybridized carbons (Fsp3) is 0.105. The number of aromatic nitrogens is 1. The highest BCUT2D eigenvalue weighted by atomic mass is 35.5. The van der Waals surface area contributed by atoms with Gasteiger partial charge in [0.05, 0.1) is 5.52 Å². The molecular weight excluding hydrogens is 340 g/mol. The van der Waals surface area contributed by atoms with Crippen LogP contribution >= 0.6 is 11.6 Å². The zero-order valence-corrected chi connectivity index (χ0v) is 14.2. The molecule has 0 bridgehead atoms. The van der Waals surface area contributed by atoms with Gasteiger partial charge in [0.25, 0.3) is 5.91 Å². The summed E-state index contributed by atoms with van der Waals surface area (Å²) in [6.07, 6.45) is 0. The first kappa shape index (κ1) is 16.9. The van der Waals surface area contributed by atoms with E-state index in [0.717, 1.165) is 10.9 Å². The quantitative estimate of drug-likeness (QED) is 0.719. The molecule has 25 heavy (non-hydrogen) atoms. The summed E-state index contributed by atoms with van der Waals surface area (Å²) in [5.74, 6) is -1.09. The van der Waals surface area contributed by atoms with Gasteiger partial charge in [-0.15, -0.1) is 0 Å². The Hall–Kier alpha value is -2.92. The molecule has 3 aromatic rings. The first-order valence-electron chi connectivity index (χ1n) is 7.62. The standard InChI is InChI=1S/C19H15ClN2O3/c1-12-6-8-14(20)10-17(12)22-18(23)11-25-19(24)16-9-7-13-4-2-3-5-15(13)21-16/h2-10H,11H2,1H3,(H,22,23). The summed E-state index contributed by atoms with van der Waals surface area (Å²) in [6.45, 7) is 1.44. The Balaban J connectivity index is 1.62. The van der Waals surface area contributed by atoms with Crippen molar-refractivity contribution in [3.63, 3.8) is 0 Å². The first-order chi connectivity index (χ1) is 12.0. The molecule has 1 aromatic heterocycles. The average molecular weight is 355 g/mol. The zero-order valence-electron chi connectivity index (χ0n) is 13.5. The van der Waals surface area contributed by atoms with E-state index in [9.17, 15) is 9.59 Å².